The fraction of sp³-hybridized carbons (Fsp3) is 0.0638. The van der Waals surface area contributed by atoms with Crippen molar-refractivity contribution in [3.05, 3.63) is 175 Å². The Morgan fingerprint density at radius 2 is 1.08 bits per heavy atom. The summed E-state index contributed by atoms with van der Waals surface area (Å²) in [4.78, 5) is 10.5. The summed E-state index contributed by atoms with van der Waals surface area (Å²) in [6.07, 6.45) is 0. The first kappa shape index (κ1) is 28.7. The number of hydrogen-bond donors (Lipinski definition) is 0. The van der Waals surface area contributed by atoms with E-state index in [0.29, 0.717) is 5.95 Å². The van der Waals surface area contributed by atoms with Crippen LogP contribution < -0.4 is 0 Å². The Bertz CT molecular complexity index is 2790. The Hall–Kier alpha value is -6.32. The molecule has 0 fully saturated rings. The summed E-state index contributed by atoms with van der Waals surface area (Å²) in [5.41, 5.74) is 15.2. The highest BCUT2D eigenvalue weighted by Gasteiger charge is 2.35. The second-order valence-electron chi connectivity index (χ2n) is 13.8. The minimum absolute atomic E-state index is 0.0511. The number of aromatic nitrogens is 3. The molecule has 7 aromatic carbocycles. The quantitative estimate of drug-likeness (QED) is 0.192. The maximum absolute atomic E-state index is 5.33. The summed E-state index contributed by atoms with van der Waals surface area (Å²) < 4.78 is 2.26. The molecule has 0 bridgehead atoms. The predicted octanol–water partition coefficient (Wildman–Crippen LogP) is 12.0. The molecule has 1 aliphatic rings. The van der Waals surface area contributed by atoms with E-state index in [1.807, 2.05) is 6.07 Å². The van der Waals surface area contributed by atoms with E-state index in [0.717, 1.165) is 44.3 Å². The lowest BCUT2D eigenvalue weighted by molar-refractivity contribution is 0.660. The molecule has 9 aromatic rings. The average Bonchev–Trinajstić information content (AvgIpc) is 3.63. The third-order valence-corrected chi connectivity index (χ3v) is 10.6. The van der Waals surface area contributed by atoms with Gasteiger partial charge in [0, 0.05) is 32.7 Å². The molecule has 0 spiro atoms. The molecule has 0 unspecified atom stereocenters. The molecule has 50 heavy (non-hydrogen) atoms. The van der Waals surface area contributed by atoms with Crippen molar-refractivity contribution >= 4 is 32.7 Å². The third-order valence-electron chi connectivity index (χ3n) is 10.6. The first-order chi connectivity index (χ1) is 24.6. The fourth-order valence-electron chi connectivity index (χ4n) is 8.19. The number of rotatable bonds is 4. The van der Waals surface area contributed by atoms with Crippen LogP contribution in [-0.4, -0.2) is 14.5 Å². The van der Waals surface area contributed by atoms with Gasteiger partial charge in [-0.25, -0.2) is 9.97 Å². The fourth-order valence-corrected chi connectivity index (χ4v) is 8.19. The largest absolute Gasteiger partial charge is 0.277 e. The number of para-hydroxylation sites is 3. The number of hydrogen-bond acceptors (Lipinski definition) is 2. The van der Waals surface area contributed by atoms with Crippen molar-refractivity contribution in [2.45, 2.75) is 19.3 Å². The van der Waals surface area contributed by atoms with Gasteiger partial charge in [-0.15, -0.1) is 0 Å². The first-order valence-corrected chi connectivity index (χ1v) is 17.3. The molecular formula is C47H33N3. The summed E-state index contributed by atoms with van der Waals surface area (Å²) in [6, 6.07) is 58.8. The molecule has 2 heterocycles. The van der Waals surface area contributed by atoms with Crippen molar-refractivity contribution in [1.29, 1.82) is 0 Å². The van der Waals surface area contributed by atoms with E-state index in [4.69, 9.17) is 9.97 Å². The van der Waals surface area contributed by atoms with E-state index >= 15 is 0 Å². The standard InChI is InChI=1S/C47H33N3/c1-47(2)40-23-9-6-18-35(40)36-27-26-32(29-41(36)47)31-16-12-17-33(28-31)34-21-13-22-38-37-19-8-11-25-43(37)50(45(34)38)46-48-42-24-10-7-20-39(42)44(49-46)30-14-4-3-5-15-30/h3-29H,1-2H3. The molecule has 3 nitrogen and oxygen atoms in total. The lowest BCUT2D eigenvalue weighted by atomic mass is 9.81. The zero-order valence-electron chi connectivity index (χ0n) is 27.9. The van der Waals surface area contributed by atoms with Crippen LogP contribution in [0, 0.1) is 0 Å². The van der Waals surface area contributed by atoms with E-state index in [2.05, 4.69) is 176 Å². The number of benzene rings is 7. The zero-order valence-corrected chi connectivity index (χ0v) is 27.9. The molecule has 0 radical (unpaired) electrons. The van der Waals surface area contributed by atoms with Crippen LogP contribution in [0.5, 0.6) is 0 Å². The minimum atomic E-state index is -0.0511. The predicted molar refractivity (Wildman–Crippen MR) is 208 cm³/mol. The van der Waals surface area contributed by atoms with E-state index in [9.17, 15) is 0 Å². The van der Waals surface area contributed by atoms with Crippen molar-refractivity contribution in [3.8, 4) is 50.6 Å². The average molecular weight is 640 g/mol. The molecule has 0 atom stereocenters. The first-order valence-electron chi connectivity index (χ1n) is 17.3. The van der Waals surface area contributed by atoms with Gasteiger partial charge >= 0.3 is 0 Å². The Balaban J connectivity index is 1.19. The van der Waals surface area contributed by atoms with Crippen LogP contribution in [0.15, 0.2) is 164 Å². The van der Waals surface area contributed by atoms with Crippen molar-refractivity contribution < 1.29 is 0 Å². The summed E-state index contributed by atoms with van der Waals surface area (Å²) in [7, 11) is 0. The van der Waals surface area contributed by atoms with Gasteiger partial charge in [-0.1, -0.05) is 153 Å². The van der Waals surface area contributed by atoms with Crippen LogP contribution in [0.2, 0.25) is 0 Å². The molecule has 3 heteroatoms. The van der Waals surface area contributed by atoms with Crippen LogP contribution in [0.25, 0.3) is 83.3 Å². The smallest absolute Gasteiger partial charge is 0.235 e. The van der Waals surface area contributed by atoms with Crippen LogP contribution in [0.1, 0.15) is 25.0 Å². The van der Waals surface area contributed by atoms with Gasteiger partial charge in [0.15, 0.2) is 0 Å². The Labute approximate surface area is 291 Å². The van der Waals surface area contributed by atoms with E-state index in [1.165, 1.54) is 44.2 Å². The second kappa shape index (κ2) is 10.8. The van der Waals surface area contributed by atoms with Crippen LogP contribution in [0.4, 0.5) is 0 Å². The molecule has 1 aliphatic carbocycles. The van der Waals surface area contributed by atoms with Crippen molar-refractivity contribution in [1.82, 2.24) is 14.5 Å². The molecular weight excluding hydrogens is 607 g/mol. The van der Waals surface area contributed by atoms with Gasteiger partial charge in [0.05, 0.1) is 22.2 Å². The van der Waals surface area contributed by atoms with E-state index in [1.54, 1.807) is 0 Å². The van der Waals surface area contributed by atoms with Gasteiger partial charge in [-0.2, -0.15) is 0 Å². The van der Waals surface area contributed by atoms with Gasteiger partial charge in [-0.3, -0.25) is 4.57 Å². The van der Waals surface area contributed by atoms with Crippen LogP contribution in [0.3, 0.4) is 0 Å². The van der Waals surface area contributed by atoms with Gasteiger partial charge in [0.2, 0.25) is 5.95 Å². The zero-order chi connectivity index (χ0) is 33.4. The molecule has 0 N–H and O–H groups in total. The van der Waals surface area contributed by atoms with Crippen molar-refractivity contribution in [2.75, 3.05) is 0 Å². The van der Waals surface area contributed by atoms with Crippen LogP contribution >= 0.6 is 0 Å². The van der Waals surface area contributed by atoms with E-state index < -0.39 is 0 Å². The number of nitrogens with zero attached hydrogens (tertiary/aromatic N) is 3. The van der Waals surface area contributed by atoms with Crippen molar-refractivity contribution in [2.24, 2.45) is 0 Å². The maximum atomic E-state index is 5.33. The molecule has 236 valence electrons. The SMILES string of the molecule is CC1(C)c2ccccc2-c2ccc(-c3cccc(-c4cccc5c6ccccc6n(-c6nc(-c7ccccc7)c7ccccc7n6)c45)c3)cc21. The molecule has 0 saturated carbocycles. The molecule has 0 amide bonds. The molecule has 2 aromatic heterocycles. The van der Waals surface area contributed by atoms with Crippen molar-refractivity contribution in [3.63, 3.8) is 0 Å². The summed E-state index contributed by atoms with van der Waals surface area (Å²) >= 11 is 0. The molecule has 0 aliphatic heterocycles. The van der Waals surface area contributed by atoms with Crippen LogP contribution in [-0.2, 0) is 5.41 Å². The molecule has 10 rings (SSSR count). The summed E-state index contributed by atoms with van der Waals surface area (Å²) in [6.45, 7) is 4.69. The Morgan fingerprint density at radius 1 is 0.440 bits per heavy atom. The normalized spacial score (nSPS) is 13.2. The highest BCUT2D eigenvalue weighted by molar-refractivity contribution is 6.13. The minimum Gasteiger partial charge on any atom is -0.277 e. The van der Waals surface area contributed by atoms with E-state index in [-0.39, 0.29) is 5.41 Å². The molecule has 0 saturated heterocycles. The Kier molecular flexibility index (Phi) is 6.22. The lowest BCUT2D eigenvalue weighted by Crippen LogP contribution is -2.14. The van der Waals surface area contributed by atoms with Gasteiger partial charge in [0.25, 0.3) is 0 Å². The van der Waals surface area contributed by atoms with Gasteiger partial charge in [0.1, 0.15) is 0 Å². The second-order valence-corrected chi connectivity index (χ2v) is 13.8. The monoisotopic (exact) mass is 639 g/mol. The summed E-state index contributed by atoms with van der Waals surface area (Å²) in [5.74, 6) is 0.665. The topological polar surface area (TPSA) is 30.7 Å². The van der Waals surface area contributed by atoms with Gasteiger partial charge < -0.3 is 0 Å². The highest BCUT2D eigenvalue weighted by atomic mass is 15.2. The third kappa shape index (κ3) is 4.23. The van der Waals surface area contributed by atoms with Gasteiger partial charge in [-0.05, 0) is 63.2 Å². The highest BCUT2D eigenvalue weighted by Crippen LogP contribution is 2.49. The Morgan fingerprint density at radius 3 is 1.98 bits per heavy atom. The number of fused-ring (bicyclic) bond motifs is 7. The lowest BCUT2D eigenvalue weighted by Gasteiger charge is -2.22. The maximum Gasteiger partial charge on any atom is 0.235 e. The summed E-state index contributed by atoms with van der Waals surface area (Å²) in [5, 5.41) is 3.40.